The fourth-order valence-corrected chi connectivity index (χ4v) is 2.56. The van der Waals surface area contributed by atoms with Crippen LogP contribution in [0.1, 0.15) is 17.3 Å². The zero-order chi connectivity index (χ0) is 17.0. The molecule has 0 fully saturated rings. The van der Waals surface area contributed by atoms with E-state index in [0.29, 0.717) is 39.7 Å². The van der Waals surface area contributed by atoms with Crippen molar-refractivity contribution in [2.45, 2.75) is 6.92 Å². The predicted octanol–water partition coefficient (Wildman–Crippen LogP) is 3.59. The Bertz CT molecular complexity index is 699. The lowest BCUT2D eigenvalue weighted by Crippen LogP contribution is -2.03. The number of methoxy groups -OCH3 is 4. The fraction of sp³-hybridized carbons (Fsp3) is 0.278. The first-order chi connectivity index (χ1) is 11.1. The Kier molecular flexibility index (Phi) is 5.11. The standard InChI is InChI=1S/C18H20O5/c1-11(19)12-9-10-15(22-4)17(18(12)23-5)16-13(20-2)7-6-8-14(16)21-3/h6-10H,1-5H3. The summed E-state index contributed by atoms with van der Waals surface area (Å²) in [4.78, 5) is 11.9. The van der Waals surface area contributed by atoms with Gasteiger partial charge < -0.3 is 18.9 Å². The van der Waals surface area contributed by atoms with Crippen molar-refractivity contribution in [1.29, 1.82) is 0 Å². The molecule has 2 aromatic rings. The van der Waals surface area contributed by atoms with Crippen LogP contribution in [-0.2, 0) is 0 Å². The largest absolute Gasteiger partial charge is 0.496 e. The molecular formula is C18H20O5. The third-order valence-corrected chi connectivity index (χ3v) is 3.60. The number of ether oxygens (including phenoxy) is 4. The molecule has 0 aliphatic carbocycles. The van der Waals surface area contributed by atoms with E-state index < -0.39 is 0 Å². The Labute approximate surface area is 135 Å². The van der Waals surface area contributed by atoms with Gasteiger partial charge in [0.25, 0.3) is 0 Å². The van der Waals surface area contributed by atoms with Gasteiger partial charge in [-0.15, -0.1) is 0 Å². The van der Waals surface area contributed by atoms with Crippen molar-refractivity contribution in [3.8, 4) is 34.1 Å². The minimum Gasteiger partial charge on any atom is -0.496 e. The average molecular weight is 316 g/mol. The summed E-state index contributed by atoms with van der Waals surface area (Å²) in [6, 6.07) is 8.88. The van der Waals surface area contributed by atoms with Gasteiger partial charge in [-0.25, -0.2) is 0 Å². The van der Waals surface area contributed by atoms with Crippen LogP contribution in [0, 0.1) is 0 Å². The molecule has 0 aliphatic heterocycles. The van der Waals surface area contributed by atoms with Gasteiger partial charge in [-0.3, -0.25) is 4.79 Å². The van der Waals surface area contributed by atoms with E-state index in [-0.39, 0.29) is 5.78 Å². The molecule has 0 amide bonds. The van der Waals surface area contributed by atoms with Crippen LogP contribution < -0.4 is 18.9 Å². The van der Waals surface area contributed by atoms with E-state index in [2.05, 4.69) is 0 Å². The third-order valence-electron chi connectivity index (χ3n) is 3.60. The minimum atomic E-state index is -0.0976. The number of ketones is 1. The predicted molar refractivity (Wildman–Crippen MR) is 88.1 cm³/mol. The Morgan fingerprint density at radius 2 is 1.26 bits per heavy atom. The lowest BCUT2D eigenvalue weighted by atomic mass is 9.96. The van der Waals surface area contributed by atoms with Crippen molar-refractivity contribution in [3.05, 3.63) is 35.9 Å². The maximum Gasteiger partial charge on any atom is 0.163 e. The lowest BCUT2D eigenvalue weighted by Gasteiger charge is -2.19. The molecule has 5 heteroatoms. The van der Waals surface area contributed by atoms with Gasteiger partial charge in [0.1, 0.15) is 23.0 Å². The first-order valence-electron chi connectivity index (χ1n) is 7.06. The third kappa shape index (κ3) is 2.95. The number of benzene rings is 2. The second kappa shape index (κ2) is 7.05. The van der Waals surface area contributed by atoms with Crippen LogP contribution in [0.25, 0.3) is 11.1 Å². The molecule has 0 aliphatic rings. The number of carbonyl (C=O) groups is 1. The van der Waals surface area contributed by atoms with E-state index in [1.165, 1.54) is 14.0 Å². The van der Waals surface area contributed by atoms with Crippen LogP contribution in [0.5, 0.6) is 23.0 Å². The lowest BCUT2D eigenvalue weighted by molar-refractivity contribution is 0.101. The van der Waals surface area contributed by atoms with Crippen LogP contribution in [0.2, 0.25) is 0 Å². The minimum absolute atomic E-state index is 0.0976. The molecule has 0 atom stereocenters. The van der Waals surface area contributed by atoms with Gasteiger partial charge in [0.2, 0.25) is 0 Å². The summed E-state index contributed by atoms with van der Waals surface area (Å²) < 4.78 is 21.9. The Balaban J connectivity index is 2.92. The Morgan fingerprint density at radius 3 is 1.70 bits per heavy atom. The van der Waals surface area contributed by atoms with Gasteiger partial charge in [-0.05, 0) is 31.2 Å². The highest BCUT2D eigenvalue weighted by Crippen LogP contribution is 2.48. The first-order valence-corrected chi connectivity index (χ1v) is 7.06. The van der Waals surface area contributed by atoms with Gasteiger partial charge in [0, 0.05) is 0 Å². The molecule has 0 radical (unpaired) electrons. The fourth-order valence-electron chi connectivity index (χ4n) is 2.56. The van der Waals surface area contributed by atoms with Crippen molar-refractivity contribution in [2.24, 2.45) is 0 Å². The molecule has 0 spiro atoms. The van der Waals surface area contributed by atoms with E-state index in [1.807, 2.05) is 18.2 Å². The molecule has 23 heavy (non-hydrogen) atoms. The SMILES string of the molecule is COc1cccc(OC)c1-c1c(OC)ccc(C(C)=O)c1OC. The van der Waals surface area contributed by atoms with Crippen LogP contribution in [0.4, 0.5) is 0 Å². The number of rotatable bonds is 6. The summed E-state index contributed by atoms with van der Waals surface area (Å²) >= 11 is 0. The van der Waals surface area contributed by atoms with Crippen molar-refractivity contribution < 1.29 is 23.7 Å². The smallest absolute Gasteiger partial charge is 0.163 e. The number of hydrogen-bond donors (Lipinski definition) is 0. The van der Waals surface area contributed by atoms with E-state index in [4.69, 9.17) is 18.9 Å². The average Bonchev–Trinajstić information content (AvgIpc) is 2.59. The van der Waals surface area contributed by atoms with Crippen LogP contribution >= 0.6 is 0 Å². The zero-order valence-electron chi connectivity index (χ0n) is 13.9. The van der Waals surface area contributed by atoms with E-state index in [1.54, 1.807) is 33.5 Å². The van der Waals surface area contributed by atoms with Gasteiger partial charge in [0.15, 0.2) is 5.78 Å². The highest BCUT2D eigenvalue weighted by atomic mass is 16.5. The second-order valence-corrected chi connectivity index (χ2v) is 4.82. The first kappa shape index (κ1) is 16.7. The van der Waals surface area contributed by atoms with Crippen molar-refractivity contribution >= 4 is 5.78 Å². The summed E-state index contributed by atoms with van der Waals surface area (Å²) in [6.07, 6.45) is 0. The molecule has 0 saturated carbocycles. The maximum absolute atomic E-state index is 11.9. The van der Waals surface area contributed by atoms with Gasteiger partial charge in [-0.1, -0.05) is 6.07 Å². The molecule has 0 bridgehead atoms. The quantitative estimate of drug-likeness (QED) is 0.762. The molecule has 2 aromatic carbocycles. The number of Topliss-reactive ketones (excluding diaryl/α,β-unsaturated/α-hetero) is 1. The molecule has 0 N–H and O–H groups in total. The van der Waals surface area contributed by atoms with Crippen molar-refractivity contribution in [1.82, 2.24) is 0 Å². The molecule has 0 unspecified atom stereocenters. The highest BCUT2D eigenvalue weighted by molar-refractivity contribution is 6.01. The van der Waals surface area contributed by atoms with E-state index in [0.717, 1.165) is 0 Å². The summed E-state index contributed by atoms with van der Waals surface area (Å²) in [5.41, 5.74) is 1.77. The Hall–Kier alpha value is -2.69. The maximum atomic E-state index is 11.9. The van der Waals surface area contributed by atoms with Gasteiger partial charge in [-0.2, -0.15) is 0 Å². The summed E-state index contributed by atoms with van der Waals surface area (Å²) in [5.74, 6) is 2.09. The molecule has 0 saturated heterocycles. The molecular weight excluding hydrogens is 296 g/mol. The van der Waals surface area contributed by atoms with Crippen molar-refractivity contribution in [3.63, 3.8) is 0 Å². The van der Waals surface area contributed by atoms with E-state index in [9.17, 15) is 4.79 Å². The van der Waals surface area contributed by atoms with Gasteiger partial charge >= 0.3 is 0 Å². The van der Waals surface area contributed by atoms with Crippen molar-refractivity contribution in [2.75, 3.05) is 28.4 Å². The molecule has 2 rings (SSSR count). The summed E-state index contributed by atoms with van der Waals surface area (Å²) in [7, 11) is 6.23. The Morgan fingerprint density at radius 1 is 0.739 bits per heavy atom. The van der Waals surface area contributed by atoms with Crippen LogP contribution in [-0.4, -0.2) is 34.2 Å². The molecule has 122 valence electrons. The van der Waals surface area contributed by atoms with Crippen LogP contribution in [0.15, 0.2) is 30.3 Å². The topological polar surface area (TPSA) is 54.0 Å². The number of hydrogen-bond acceptors (Lipinski definition) is 5. The molecule has 0 heterocycles. The van der Waals surface area contributed by atoms with E-state index >= 15 is 0 Å². The van der Waals surface area contributed by atoms with Gasteiger partial charge in [0.05, 0.1) is 45.1 Å². The summed E-state index contributed by atoms with van der Waals surface area (Å²) in [6.45, 7) is 1.49. The van der Waals surface area contributed by atoms with Crippen LogP contribution in [0.3, 0.4) is 0 Å². The number of carbonyl (C=O) groups excluding carboxylic acids is 1. The highest BCUT2D eigenvalue weighted by Gasteiger charge is 2.24. The summed E-state index contributed by atoms with van der Waals surface area (Å²) in [5, 5.41) is 0. The monoisotopic (exact) mass is 316 g/mol. The second-order valence-electron chi connectivity index (χ2n) is 4.82. The molecule has 5 nitrogen and oxygen atoms in total. The molecule has 0 aromatic heterocycles. The zero-order valence-corrected chi connectivity index (χ0v) is 13.9. The normalized spacial score (nSPS) is 10.1.